The minimum absolute atomic E-state index is 0.000457. The van der Waals surface area contributed by atoms with Gasteiger partial charge >= 0.3 is 7.82 Å². The first kappa shape index (κ1) is 33.0. The van der Waals surface area contributed by atoms with Crippen molar-refractivity contribution < 1.29 is 28.1 Å². The zero-order chi connectivity index (χ0) is 26.6. The fourth-order valence-corrected chi connectivity index (χ4v) is 4.48. The van der Waals surface area contributed by atoms with E-state index in [-0.39, 0.29) is 35.7 Å². The summed E-state index contributed by atoms with van der Waals surface area (Å²) in [5, 5.41) is 5.51. The standard InChI is InChI=1S/C25H51N2O6P/c1-23(2,3)16-12-10-14-21(28)26-18-20(32-34(30,31)33-25(7,8)9)19-27-22(29)15-11-13-17-24(4,5)6/h20H,10-19H2,1-9H3,(H,26,28)(H,27,29)(H,30,31). The highest BCUT2D eigenvalue weighted by Crippen LogP contribution is 2.48. The average molecular weight is 507 g/mol. The van der Waals surface area contributed by atoms with Gasteiger partial charge in [0.25, 0.3) is 0 Å². The van der Waals surface area contributed by atoms with Crippen LogP contribution in [0.2, 0.25) is 0 Å². The van der Waals surface area contributed by atoms with Crippen LogP contribution in [0.4, 0.5) is 0 Å². The van der Waals surface area contributed by atoms with E-state index in [4.69, 9.17) is 9.05 Å². The smallest absolute Gasteiger partial charge is 0.353 e. The van der Waals surface area contributed by atoms with E-state index in [1.807, 2.05) is 0 Å². The van der Waals surface area contributed by atoms with Crippen molar-refractivity contribution in [2.24, 2.45) is 10.8 Å². The third kappa shape index (κ3) is 21.6. The molecule has 0 aliphatic heterocycles. The van der Waals surface area contributed by atoms with Gasteiger partial charge in [-0.3, -0.25) is 18.6 Å². The number of nitrogens with one attached hydrogen (secondary N) is 2. The van der Waals surface area contributed by atoms with Crippen LogP contribution in [0.1, 0.15) is 114 Å². The number of unbranched alkanes of at least 4 members (excludes halogenated alkanes) is 2. The second kappa shape index (κ2) is 14.6. The molecule has 0 aromatic heterocycles. The maximum absolute atomic E-state index is 12.4. The van der Waals surface area contributed by atoms with Crippen LogP contribution < -0.4 is 10.6 Å². The predicted molar refractivity (Wildman–Crippen MR) is 137 cm³/mol. The molecule has 9 heteroatoms. The molecule has 8 nitrogen and oxygen atoms in total. The highest BCUT2D eigenvalue weighted by atomic mass is 31.2. The Bertz CT molecular complexity index is 624. The van der Waals surface area contributed by atoms with Crippen molar-refractivity contribution in [1.82, 2.24) is 10.6 Å². The van der Waals surface area contributed by atoms with Crippen molar-refractivity contribution in [3.05, 3.63) is 0 Å². The molecule has 1 unspecified atom stereocenters. The molecule has 0 heterocycles. The maximum atomic E-state index is 12.4. The Morgan fingerprint density at radius 1 is 0.765 bits per heavy atom. The topological polar surface area (TPSA) is 114 Å². The van der Waals surface area contributed by atoms with Crippen LogP contribution in [-0.2, 0) is 23.2 Å². The molecule has 0 bridgehead atoms. The summed E-state index contributed by atoms with van der Waals surface area (Å²) in [4.78, 5) is 34.6. The lowest BCUT2D eigenvalue weighted by atomic mass is 9.89. The van der Waals surface area contributed by atoms with E-state index in [9.17, 15) is 19.0 Å². The summed E-state index contributed by atoms with van der Waals surface area (Å²) in [6, 6.07) is 0. The molecular formula is C25H51N2O6P. The number of phosphoric ester groups is 1. The molecule has 0 aromatic carbocycles. The second-order valence-electron chi connectivity index (χ2n) is 12.5. The highest BCUT2D eigenvalue weighted by Gasteiger charge is 2.32. The van der Waals surface area contributed by atoms with Gasteiger partial charge in [0.2, 0.25) is 11.8 Å². The fraction of sp³-hybridized carbons (Fsp3) is 0.920. The quantitative estimate of drug-likeness (QED) is 0.193. The fourth-order valence-electron chi connectivity index (χ4n) is 3.22. The number of carbonyl (C=O) groups excluding carboxylic acids is 2. The summed E-state index contributed by atoms with van der Waals surface area (Å²) >= 11 is 0. The molecule has 0 aromatic rings. The monoisotopic (exact) mass is 506 g/mol. The molecule has 0 aliphatic carbocycles. The van der Waals surface area contributed by atoms with Crippen LogP contribution in [0.3, 0.4) is 0 Å². The number of carbonyl (C=O) groups is 2. The predicted octanol–water partition coefficient (Wildman–Crippen LogP) is 5.73. The van der Waals surface area contributed by atoms with Crippen molar-refractivity contribution in [2.45, 2.75) is 125 Å². The van der Waals surface area contributed by atoms with Crippen molar-refractivity contribution >= 4 is 19.6 Å². The van der Waals surface area contributed by atoms with Gasteiger partial charge in [0.05, 0.1) is 5.60 Å². The summed E-state index contributed by atoms with van der Waals surface area (Å²) < 4.78 is 22.9. The van der Waals surface area contributed by atoms with Crippen LogP contribution in [0.15, 0.2) is 0 Å². The number of amides is 2. The van der Waals surface area contributed by atoms with Crippen LogP contribution in [0.25, 0.3) is 0 Å². The Morgan fingerprint density at radius 2 is 1.15 bits per heavy atom. The first-order chi connectivity index (χ1) is 15.3. The Morgan fingerprint density at radius 3 is 1.47 bits per heavy atom. The zero-order valence-electron chi connectivity index (χ0n) is 23.1. The molecule has 3 N–H and O–H groups in total. The number of hydrogen-bond acceptors (Lipinski definition) is 5. The van der Waals surface area contributed by atoms with Gasteiger partial charge in [-0.15, -0.1) is 0 Å². The van der Waals surface area contributed by atoms with Crippen LogP contribution in [0.5, 0.6) is 0 Å². The first-order valence-corrected chi connectivity index (χ1v) is 14.0. The van der Waals surface area contributed by atoms with E-state index in [1.165, 1.54) is 0 Å². The molecule has 0 spiro atoms. The second-order valence-corrected chi connectivity index (χ2v) is 13.9. The van der Waals surface area contributed by atoms with Gasteiger partial charge in [-0.05, 0) is 57.3 Å². The van der Waals surface area contributed by atoms with E-state index in [0.29, 0.717) is 12.8 Å². The van der Waals surface area contributed by atoms with Gasteiger partial charge < -0.3 is 15.5 Å². The number of phosphoric acid groups is 1. The number of rotatable bonds is 15. The van der Waals surface area contributed by atoms with Gasteiger partial charge in [-0.1, -0.05) is 54.4 Å². The number of hydrogen-bond donors (Lipinski definition) is 3. The molecule has 0 rings (SSSR count). The third-order valence-corrected chi connectivity index (χ3v) is 6.23. The Labute approximate surface area is 207 Å². The van der Waals surface area contributed by atoms with Crippen molar-refractivity contribution in [3.8, 4) is 0 Å². The Kier molecular flexibility index (Phi) is 14.2. The SMILES string of the molecule is CC(C)(C)CCCCC(=O)NCC(CNC(=O)CCCCC(C)(C)C)OP(=O)(O)OC(C)(C)C. The molecule has 0 fully saturated rings. The summed E-state index contributed by atoms with van der Waals surface area (Å²) in [7, 11) is -4.38. The molecule has 1 atom stereocenters. The van der Waals surface area contributed by atoms with E-state index in [1.54, 1.807) is 20.8 Å². The van der Waals surface area contributed by atoms with Crippen LogP contribution in [0, 0.1) is 10.8 Å². The largest absolute Gasteiger partial charge is 0.473 e. The first-order valence-electron chi connectivity index (χ1n) is 12.5. The molecule has 0 saturated heterocycles. The molecular weight excluding hydrogens is 455 g/mol. The van der Waals surface area contributed by atoms with Gasteiger partial charge in [-0.25, -0.2) is 4.57 Å². The third-order valence-electron chi connectivity index (χ3n) is 4.89. The highest BCUT2D eigenvalue weighted by molar-refractivity contribution is 7.47. The summed E-state index contributed by atoms with van der Waals surface area (Å²) in [5.41, 5.74) is -0.424. The van der Waals surface area contributed by atoms with Gasteiger partial charge in [-0.2, -0.15) is 0 Å². The van der Waals surface area contributed by atoms with Crippen LogP contribution in [-0.4, -0.2) is 41.5 Å². The molecule has 0 aliphatic rings. The molecule has 202 valence electrons. The summed E-state index contributed by atoms with van der Waals surface area (Å²) in [6.07, 6.45) is 5.36. The van der Waals surface area contributed by atoms with Gasteiger partial charge in [0.15, 0.2) is 0 Å². The van der Waals surface area contributed by atoms with Crippen molar-refractivity contribution in [1.29, 1.82) is 0 Å². The lowest BCUT2D eigenvalue weighted by Crippen LogP contribution is -2.41. The van der Waals surface area contributed by atoms with E-state index >= 15 is 0 Å². The Hall–Kier alpha value is -0.950. The van der Waals surface area contributed by atoms with Gasteiger partial charge in [0, 0.05) is 25.9 Å². The molecule has 34 heavy (non-hydrogen) atoms. The average Bonchev–Trinajstić information content (AvgIpc) is 2.61. The van der Waals surface area contributed by atoms with E-state index in [2.05, 4.69) is 52.2 Å². The molecule has 0 radical (unpaired) electrons. The maximum Gasteiger partial charge on any atom is 0.473 e. The minimum atomic E-state index is -4.38. The summed E-state index contributed by atoms with van der Waals surface area (Å²) in [6.45, 7) is 17.9. The van der Waals surface area contributed by atoms with Crippen LogP contribution >= 0.6 is 7.82 Å². The van der Waals surface area contributed by atoms with E-state index < -0.39 is 19.5 Å². The minimum Gasteiger partial charge on any atom is -0.353 e. The Balaban J connectivity index is 4.73. The lowest BCUT2D eigenvalue weighted by Gasteiger charge is -2.26. The van der Waals surface area contributed by atoms with Crippen molar-refractivity contribution in [3.63, 3.8) is 0 Å². The zero-order valence-corrected chi connectivity index (χ0v) is 24.0. The van der Waals surface area contributed by atoms with Gasteiger partial charge in [0.1, 0.15) is 6.10 Å². The van der Waals surface area contributed by atoms with Crippen molar-refractivity contribution in [2.75, 3.05) is 13.1 Å². The summed E-state index contributed by atoms with van der Waals surface area (Å²) in [5.74, 6) is -0.305. The molecule has 2 amide bonds. The van der Waals surface area contributed by atoms with E-state index in [0.717, 1.165) is 38.5 Å². The molecule has 0 saturated carbocycles. The normalized spacial score (nSPS) is 14.7. The lowest BCUT2D eigenvalue weighted by molar-refractivity contribution is -0.121.